The van der Waals surface area contributed by atoms with Crippen LogP contribution < -0.4 is 0 Å². The van der Waals surface area contributed by atoms with Crippen molar-refractivity contribution in [2.75, 3.05) is 0 Å². The monoisotopic (exact) mass is 275 g/mol. The average molecular weight is 275 g/mol. The van der Waals surface area contributed by atoms with Crippen molar-refractivity contribution in [2.24, 2.45) is 0 Å². The molecule has 20 heavy (non-hydrogen) atoms. The van der Waals surface area contributed by atoms with Crippen LogP contribution in [0.25, 0.3) is 11.1 Å². The zero-order valence-corrected chi connectivity index (χ0v) is 10.4. The highest BCUT2D eigenvalue weighted by molar-refractivity contribution is 5.72. The second-order valence-corrected chi connectivity index (χ2v) is 4.46. The molecule has 1 unspecified atom stereocenters. The van der Waals surface area contributed by atoms with E-state index in [4.69, 9.17) is 4.42 Å². The summed E-state index contributed by atoms with van der Waals surface area (Å²) >= 11 is 0. The standard InChI is InChI=1S/C15H11F2NO2/c16-9-5-6-11(17)10(7-9)13(19)8-15-18-12-3-1-2-4-14(12)20-15/h1-7,13,19H,8H2. The summed E-state index contributed by atoms with van der Waals surface area (Å²) in [4.78, 5) is 4.19. The number of aliphatic hydroxyl groups is 1. The average Bonchev–Trinajstić information content (AvgIpc) is 2.83. The van der Waals surface area contributed by atoms with Crippen LogP contribution in [0.2, 0.25) is 0 Å². The van der Waals surface area contributed by atoms with Crippen molar-refractivity contribution in [1.29, 1.82) is 0 Å². The lowest BCUT2D eigenvalue weighted by molar-refractivity contribution is 0.164. The third-order valence-corrected chi connectivity index (χ3v) is 3.02. The van der Waals surface area contributed by atoms with Gasteiger partial charge in [-0.15, -0.1) is 0 Å². The molecule has 0 aliphatic carbocycles. The summed E-state index contributed by atoms with van der Waals surface area (Å²) < 4.78 is 32.1. The highest BCUT2D eigenvalue weighted by atomic mass is 19.1. The van der Waals surface area contributed by atoms with Gasteiger partial charge in [-0.05, 0) is 30.3 Å². The molecule has 0 fully saturated rings. The van der Waals surface area contributed by atoms with Crippen LogP contribution in [0, 0.1) is 11.6 Å². The number of halogens is 2. The van der Waals surface area contributed by atoms with E-state index in [2.05, 4.69) is 4.98 Å². The number of nitrogens with zero attached hydrogens (tertiary/aromatic N) is 1. The minimum absolute atomic E-state index is 0.0188. The number of oxazole rings is 1. The fourth-order valence-electron chi connectivity index (χ4n) is 2.05. The minimum atomic E-state index is -1.21. The summed E-state index contributed by atoms with van der Waals surface area (Å²) in [5.41, 5.74) is 1.15. The summed E-state index contributed by atoms with van der Waals surface area (Å²) in [5.74, 6) is -0.976. The zero-order chi connectivity index (χ0) is 14.1. The van der Waals surface area contributed by atoms with Crippen LogP contribution in [0.15, 0.2) is 46.9 Å². The van der Waals surface area contributed by atoms with E-state index >= 15 is 0 Å². The van der Waals surface area contributed by atoms with Crippen LogP contribution in [0.4, 0.5) is 8.78 Å². The van der Waals surface area contributed by atoms with E-state index in [9.17, 15) is 13.9 Å². The fraction of sp³-hybridized carbons (Fsp3) is 0.133. The molecule has 1 aromatic heterocycles. The summed E-state index contributed by atoms with van der Waals surface area (Å²) in [7, 11) is 0. The van der Waals surface area contributed by atoms with Crippen molar-refractivity contribution < 1.29 is 18.3 Å². The molecular formula is C15H11F2NO2. The number of aliphatic hydroxyl groups excluding tert-OH is 1. The Kier molecular flexibility index (Phi) is 3.20. The molecule has 2 aromatic carbocycles. The van der Waals surface area contributed by atoms with Crippen LogP contribution in [0.5, 0.6) is 0 Å². The smallest absolute Gasteiger partial charge is 0.198 e. The molecule has 0 aliphatic heterocycles. The molecular weight excluding hydrogens is 264 g/mol. The Hall–Kier alpha value is -2.27. The van der Waals surface area contributed by atoms with Gasteiger partial charge in [0.15, 0.2) is 11.5 Å². The predicted molar refractivity (Wildman–Crippen MR) is 69.0 cm³/mol. The first-order valence-corrected chi connectivity index (χ1v) is 6.11. The summed E-state index contributed by atoms with van der Waals surface area (Å²) in [5, 5.41) is 10.00. The first-order valence-electron chi connectivity index (χ1n) is 6.11. The molecule has 0 bridgehead atoms. The summed E-state index contributed by atoms with van der Waals surface area (Å²) in [6.07, 6.45) is -1.23. The van der Waals surface area contributed by atoms with Gasteiger partial charge >= 0.3 is 0 Å². The Balaban J connectivity index is 1.88. The lowest BCUT2D eigenvalue weighted by Crippen LogP contribution is -2.05. The molecule has 0 saturated carbocycles. The molecule has 1 N–H and O–H groups in total. The van der Waals surface area contributed by atoms with E-state index in [-0.39, 0.29) is 17.9 Å². The van der Waals surface area contributed by atoms with Crippen molar-refractivity contribution in [3.63, 3.8) is 0 Å². The van der Waals surface area contributed by atoms with Gasteiger partial charge in [-0.1, -0.05) is 12.1 Å². The van der Waals surface area contributed by atoms with Crippen LogP contribution in [-0.4, -0.2) is 10.1 Å². The van der Waals surface area contributed by atoms with E-state index < -0.39 is 17.7 Å². The lowest BCUT2D eigenvalue weighted by atomic mass is 10.1. The van der Waals surface area contributed by atoms with E-state index in [1.165, 1.54) is 0 Å². The number of hydrogen-bond donors (Lipinski definition) is 1. The molecule has 0 saturated heterocycles. The van der Waals surface area contributed by atoms with Crippen molar-refractivity contribution in [2.45, 2.75) is 12.5 Å². The van der Waals surface area contributed by atoms with Crippen molar-refractivity contribution in [3.8, 4) is 0 Å². The third-order valence-electron chi connectivity index (χ3n) is 3.02. The first-order chi connectivity index (χ1) is 9.63. The number of para-hydroxylation sites is 2. The molecule has 0 spiro atoms. The maximum absolute atomic E-state index is 13.5. The number of aromatic nitrogens is 1. The minimum Gasteiger partial charge on any atom is -0.441 e. The van der Waals surface area contributed by atoms with Crippen LogP contribution >= 0.6 is 0 Å². The molecule has 1 atom stereocenters. The van der Waals surface area contributed by atoms with Gasteiger partial charge in [0.1, 0.15) is 17.2 Å². The van der Waals surface area contributed by atoms with Gasteiger partial charge in [0.05, 0.1) is 12.5 Å². The van der Waals surface area contributed by atoms with Gasteiger partial charge in [0, 0.05) is 5.56 Å². The molecule has 3 aromatic rings. The normalized spacial score (nSPS) is 12.8. The quantitative estimate of drug-likeness (QED) is 0.797. The fourth-order valence-corrected chi connectivity index (χ4v) is 2.05. The Morgan fingerprint density at radius 2 is 1.95 bits per heavy atom. The molecule has 0 aliphatic rings. The lowest BCUT2D eigenvalue weighted by Gasteiger charge is -2.09. The van der Waals surface area contributed by atoms with Gasteiger partial charge in [0.25, 0.3) is 0 Å². The molecule has 3 nitrogen and oxygen atoms in total. The SMILES string of the molecule is OC(Cc1nc2ccccc2o1)c1cc(F)ccc1F. The van der Waals surface area contributed by atoms with Gasteiger partial charge in [-0.3, -0.25) is 0 Å². The molecule has 0 radical (unpaired) electrons. The van der Waals surface area contributed by atoms with Gasteiger partial charge in [0.2, 0.25) is 0 Å². The molecule has 3 rings (SSSR count). The van der Waals surface area contributed by atoms with Crippen LogP contribution in [0.3, 0.4) is 0 Å². The predicted octanol–water partition coefficient (Wildman–Crippen LogP) is 3.38. The first kappa shape index (κ1) is 12.7. The topological polar surface area (TPSA) is 46.3 Å². The number of fused-ring (bicyclic) bond motifs is 1. The maximum Gasteiger partial charge on any atom is 0.198 e. The highest BCUT2D eigenvalue weighted by Gasteiger charge is 2.17. The van der Waals surface area contributed by atoms with E-state index in [0.717, 1.165) is 18.2 Å². The maximum atomic E-state index is 13.5. The number of rotatable bonds is 3. The number of hydrogen-bond acceptors (Lipinski definition) is 3. The molecule has 1 heterocycles. The van der Waals surface area contributed by atoms with E-state index in [1.807, 2.05) is 6.07 Å². The molecule has 102 valence electrons. The van der Waals surface area contributed by atoms with Crippen LogP contribution in [0.1, 0.15) is 17.6 Å². The Bertz CT molecular complexity index is 721. The second kappa shape index (κ2) is 5.02. The summed E-state index contributed by atoms with van der Waals surface area (Å²) in [6.45, 7) is 0. The van der Waals surface area contributed by atoms with Gasteiger partial charge < -0.3 is 9.52 Å². The van der Waals surface area contributed by atoms with Crippen molar-refractivity contribution >= 4 is 11.1 Å². The highest BCUT2D eigenvalue weighted by Crippen LogP contribution is 2.23. The molecule has 5 heteroatoms. The largest absolute Gasteiger partial charge is 0.441 e. The third kappa shape index (κ3) is 2.40. The zero-order valence-electron chi connectivity index (χ0n) is 10.4. The Labute approximate surface area is 113 Å². The van der Waals surface area contributed by atoms with E-state index in [0.29, 0.717) is 11.1 Å². The Morgan fingerprint density at radius 1 is 1.15 bits per heavy atom. The van der Waals surface area contributed by atoms with E-state index in [1.54, 1.807) is 18.2 Å². The van der Waals surface area contributed by atoms with Gasteiger partial charge in [-0.25, -0.2) is 13.8 Å². The second-order valence-electron chi connectivity index (χ2n) is 4.46. The van der Waals surface area contributed by atoms with Crippen molar-refractivity contribution in [3.05, 3.63) is 65.6 Å². The Morgan fingerprint density at radius 3 is 2.75 bits per heavy atom. The van der Waals surface area contributed by atoms with Crippen molar-refractivity contribution in [1.82, 2.24) is 4.98 Å². The number of benzene rings is 2. The summed E-state index contributed by atoms with van der Waals surface area (Å²) in [6, 6.07) is 10.1. The molecule has 0 amide bonds. The van der Waals surface area contributed by atoms with Gasteiger partial charge in [-0.2, -0.15) is 0 Å². The van der Waals surface area contributed by atoms with Crippen LogP contribution in [-0.2, 0) is 6.42 Å².